The molecule has 2 aromatic rings. The average Bonchev–Trinajstić information content (AvgIpc) is 2.84. The summed E-state index contributed by atoms with van der Waals surface area (Å²) in [6.07, 6.45) is 9.15. The Kier molecular flexibility index (Phi) is 5.24. The molecule has 1 aromatic carbocycles. The van der Waals surface area contributed by atoms with Crippen molar-refractivity contribution in [1.29, 1.82) is 0 Å². The van der Waals surface area contributed by atoms with E-state index in [0.29, 0.717) is 17.8 Å². The summed E-state index contributed by atoms with van der Waals surface area (Å²) >= 11 is 0. The highest BCUT2D eigenvalue weighted by Gasteiger charge is 2.13. The third-order valence-corrected chi connectivity index (χ3v) is 4.12. The third-order valence-electron chi connectivity index (χ3n) is 4.12. The van der Waals surface area contributed by atoms with Gasteiger partial charge in [-0.3, -0.25) is 0 Å². The molecule has 0 bridgehead atoms. The van der Waals surface area contributed by atoms with E-state index in [-0.39, 0.29) is 0 Å². The van der Waals surface area contributed by atoms with Gasteiger partial charge in [-0.15, -0.1) is 5.10 Å². The summed E-state index contributed by atoms with van der Waals surface area (Å²) in [6, 6.07) is 8.17. The van der Waals surface area contributed by atoms with E-state index in [1.807, 2.05) is 24.3 Å². The number of ether oxygens (including phenoxy) is 1. The smallest absolute Gasteiger partial charge is 0.244 e. The Morgan fingerprint density at radius 1 is 1.09 bits per heavy atom. The van der Waals surface area contributed by atoms with Crippen LogP contribution in [0.4, 0.5) is 17.5 Å². The molecular weight excluding hydrogens is 290 g/mol. The lowest BCUT2D eigenvalue weighted by Gasteiger charge is -2.16. The molecule has 1 aliphatic rings. The summed E-state index contributed by atoms with van der Waals surface area (Å²) in [5, 5.41) is 14.8. The molecule has 1 fully saturated rings. The molecule has 1 saturated carbocycles. The molecule has 1 aliphatic carbocycles. The van der Waals surface area contributed by atoms with Crippen molar-refractivity contribution >= 4 is 17.5 Å². The molecule has 0 unspecified atom stereocenters. The molecule has 0 spiro atoms. The van der Waals surface area contributed by atoms with Crippen LogP contribution >= 0.6 is 0 Å². The number of methoxy groups -OCH3 is 1. The molecule has 0 amide bonds. The lowest BCUT2D eigenvalue weighted by molar-refractivity contribution is 0.417. The van der Waals surface area contributed by atoms with Crippen LogP contribution in [0.3, 0.4) is 0 Å². The number of hydrogen-bond donors (Lipinski definition) is 2. The Labute approximate surface area is 136 Å². The van der Waals surface area contributed by atoms with Crippen LogP contribution < -0.4 is 15.4 Å². The molecule has 0 aliphatic heterocycles. The predicted molar refractivity (Wildman–Crippen MR) is 91.2 cm³/mol. The van der Waals surface area contributed by atoms with Crippen molar-refractivity contribution < 1.29 is 4.74 Å². The summed E-state index contributed by atoms with van der Waals surface area (Å²) in [5.74, 6) is 2.00. The molecule has 3 rings (SSSR count). The van der Waals surface area contributed by atoms with Crippen molar-refractivity contribution in [2.45, 2.75) is 44.6 Å². The molecule has 6 nitrogen and oxygen atoms in total. The summed E-state index contributed by atoms with van der Waals surface area (Å²) in [5.41, 5.74) is 0.857. The van der Waals surface area contributed by atoms with E-state index < -0.39 is 0 Å². The molecule has 0 radical (unpaired) electrons. The van der Waals surface area contributed by atoms with Gasteiger partial charge in [0.2, 0.25) is 5.95 Å². The van der Waals surface area contributed by atoms with Gasteiger partial charge < -0.3 is 15.4 Å². The van der Waals surface area contributed by atoms with Gasteiger partial charge in [0.1, 0.15) is 5.75 Å². The number of anilines is 3. The predicted octanol–water partition coefficient (Wildman–Crippen LogP) is 3.76. The van der Waals surface area contributed by atoms with Crippen molar-refractivity contribution in [2.75, 3.05) is 17.7 Å². The Bertz CT molecular complexity index is 626. The van der Waals surface area contributed by atoms with Crippen LogP contribution in [-0.4, -0.2) is 28.3 Å². The number of aromatic nitrogens is 3. The fourth-order valence-electron chi connectivity index (χ4n) is 2.92. The first-order valence-corrected chi connectivity index (χ1v) is 8.21. The maximum absolute atomic E-state index is 5.34. The van der Waals surface area contributed by atoms with E-state index in [0.717, 1.165) is 11.4 Å². The van der Waals surface area contributed by atoms with Gasteiger partial charge in [0.25, 0.3) is 0 Å². The highest BCUT2D eigenvalue weighted by atomic mass is 16.5. The van der Waals surface area contributed by atoms with Gasteiger partial charge in [0.15, 0.2) is 5.82 Å². The zero-order chi connectivity index (χ0) is 15.9. The molecule has 122 valence electrons. The molecule has 0 saturated heterocycles. The quantitative estimate of drug-likeness (QED) is 0.819. The Morgan fingerprint density at radius 2 is 1.87 bits per heavy atom. The van der Waals surface area contributed by atoms with Crippen molar-refractivity contribution in [1.82, 2.24) is 15.2 Å². The normalized spacial score (nSPS) is 15.7. The lowest BCUT2D eigenvalue weighted by atomic mass is 10.1. The first-order chi connectivity index (χ1) is 11.3. The van der Waals surface area contributed by atoms with E-state index in [1.165, 1.54) is 38.5 Å². The zero-order valence-electron chi connectivity index (χ0n) is 13.5. The minimum atomic E-state index is 0.445. The Balaban J connectivity index is 1.69. The topological polar surface area (TPSA) is 72.0 Å². The molecule has 0 atom stereocenters. The van der Waals surface area contributed by atoms with Gasteiger partial charge in [-0.2, -0.15) is 10.1 Å². The number of nitrogens with zero attached hydrogens (tertiary/aromatic N) is 3. The number of para-hydroxylation sites is 2. The van der Waals surface area contributed by atoms with E-state index in [9.17, 15) is 0 Å². The SMILES string of the molecule is COc1ccccc1Nc1cnnc(NC2CCCCCC2)n1. The Hall–Kier alpha value is -2.37. The number of nitrogens with one attached hydrogen (secondary N) is 2. The van der Waals surface area contributed by atoms with Crippen LogP contribution in [0.1, 0.15) is 38.5 Å². The third kappa shape index (κ3) is 4.31. The molecule has 6 heteroatoms. The first-order valence-electron chi connectivity index (χ1n) is 8.21. The fraction of sp³-hybridized carbons (Fsp3) is 0.471. The van der Waals surface area contributed by atoms with Crippen molar-refractivity contribution in [3.8, 4) is 5.75 Å². The zero-order valence-corrected chi connectivity index (χ0v) is 13.5. The summed E-state index contributed by atoms with van der Waals surface area (Å²) in [4.78, 5) is 4.52. The second-order valence-electron chi connectivity index (χ2n) is 5.82. The maximum atomic E-state index is 5.34. The van der Waals surface area contributed by atoms with Crippen LogP contribution in [0, 0.1) is 0 Å². The van der Waals surface area contributed by atoms with Crippen LogP contribution in [0.2, 0.25) is 0 Å². The maximum Gasteiger partial charge on any atom is 0.244 e. The minimum absolute atomic E-state index is 0.445. The van der Waals surface area contributed by atoms with E-state index >= 15 is 0 Å². The molecular formula is C17H23N5O. The standard InChI is InChI=1S/C17H23N5O/c1-23-15-11-7-6-10-14(15)20-16-12-18-22-17(21-16)19-13-8-4-2-3-5-9-13/h6-7,10-13H,2-5,8-9H2,1H3,(H2,19,20,21,22). The second kappa shape index (κ2) is 7.76. The van der Waals surface area contributed by atoms with Crippen LogP contribution in [-0.2, 0) is 0 Å². The monoisotopic (exact) mass is 313 g/mol. The van der Waals surface area contributed by atoms with E-state index in [2.05, 4.69) is 25.8 Å². The highest BCUT2D eigenvalue weighted by Crippen LogP contribution is 2.26. The Morgan fingerprint density at radius 3 is 2.65 bits per heavy atom. The first kappa shape index (κ1) is 15.5. The van der Waals surface area contributed by atoms with Crippen LogP contribution in [0.25, 0.3) is 0 Å². The van der Waals surface area contributed by atoms with Crippen molar-refractivity contribution in [3.63, 3.8) is 0 Å². The average molecular weight is 313 g/mol. The number of hydrogen-bond acceptors (Lipinski definition) is 6. The molecule has 23 heavy (non-hydrogen) atoms. The molecule has 1 heterocycles. The minimum Gasteiger partial charge on any atom is -0.495 e. The van der Waals surface area contributed by atoms with Gasteiger partial charge in [-0.05, 0) is 25.0 Å². The van der Waals surface area contributed by atoms with Crippen LogP contribution in [0.5, 0.6) is 5.75 Å². The summed E-state index contributed by atoms with van der Waals surface area (Å²) in [6.45, 7) is 0. The number of benzene rings is 1. The largest absolute Gasteiger partial charge is 0.495 e. The van der Waals surface area contributed by atoms with Crippen molar-refractivity contribution in [3.05, 3.63) is 30.5 Å². The molecule has 1 aromatic heterocycles. The van der Waals surface area contributed by atoms with Crippen LogP contribution in [0.15, 0.2) is 30.5 Å². The van der Waals surface area contributed by atoms with Gasteiger partial charge in [-0.1, -0.05) is 37.8 Å². The van der Waals surface area contributed by atoms with Gasteiger partial charge in [0, 0.05) is 6.04 Å². The van der Waals surface area contributed by atoms with Gasteiger partial charge in [0.05, 0.1) is 19.0 Å². The van der Waals surface area contributed by atoms with Gasteiger partial charge in [-0.25, -0.2) is 0 Å². The number of rotatable bonds is 5. The lowest BCUT2D eigenvalue weighted by Crippen LogP contribution is -2.20. The van der Waals surface area contributed by atoms with E-state index in [4.69, 9.17) is 4.74 Å². The van der Waals surface area contributed by atoms with Gasteiger partial charge >= 0.3 is 0 Å². The fourth-order valence-corrected chi connectivity index (χ4v) is 2.92. The van der Waals surface area contributed by atoms with E-state index in [1.54, 1.807) is 13.3 Å². The highest BCUT2D eigenvalue weighted by molar-refractivity contribution is 5.63. The van der Waals surface area contributed by atoms with Crippen molar-refractivity contribution in [2.24, 2.45) is 0 Å². The molecule has 2 N–H and O–H groups in total. The summed E-state index contributed by atoms with van der Waals surface area (Å²) in [7, 11) is 1.65. The summed E-state index contributed by atoms with van der Waals surface area (Å²) < 4.78 is 5.34. The second-order valence-corrected chi connectivity index (χ2v) is 5.82.